The van der Waals surface area contributed by atoms with Crippen molar-refractivity contribution in [1.82, 2.24) is 9.78 Å². The van der Waals surface area contributed by atoms with Gasteiger partial charge in [-0.3, -0.25) is 4.68 Å². The van der Waals surface area contributed by atoms with E-state index >= 15 is 0 Å². The zero-order chi connectivity index (χ0) is 8.10. The Morgan fingerprint density at radius 3 is 2.73 bits per heavy atom. The van der Waals surface area contributed by atoms with Gasteiger partial charge < -0.3 is 0 Å². The Bertz CT molecular complexity index is 179. The van der Waals surface area contributed by atoms with E-state index in [0.29, 0.717) is 6.04 Å². The molecule has 1 unspecified atom stereocenters. The molecule has 0 radical (unpaired) electrons. The molecule has 0 saturated carbocycles. The van der Waals surface area contributed by atoms with Gasteiger partial charge in [-0.05, 0) is 18.9 Å². The lowest BCUT2D eigenvalue weighted by molar-refractivity contribution is 0.409. The molecular formula is C9H16N2. The van der Waals surface area contributed by atoms with E-state index in [1.165, 1.54) is 19.3 Å². The SMILES string of the molecule is CCCC(CC)n1cccn1. The van der Waals surface area contributed by atoms with Crippen LogP contribution >= 0.6 is 0 Å². The molecule has 1 heterocycles. The maximum Gasteiger partial charge on any atom is 0.0516 e. The van der Waals surface area contributed by atoms with Crippen molar-refractivity contribution in [1.29, 1.82) is 0 Å². The second kappa shape index (κ2) is 4.16. The predicted molar refractivity (Wildman–Crippen MR) is 46.5 cm³/mol. The molecule has 1 rings (SSSR count). The average molecular weight is 152 g/mol. The van der Waals surface area contributed by atoms with Gasteiger partial charge in [-0.25, -0.2) is 0 Å². The Labute approximate surface area is 68.2 Å². The van der Waals surface area contributed by atoms with E-state index < -0.39 is 0 Å². The van der Waals surface area contributed by atoms with Crippen molar-refractivity contribution in [3.05, 3.63) is 18.5 Å². The van der Waals surface area contributed by atoms with Gasteiger partial charge in [-0.1, -0.05) is 20.3 Å². The first kappa shape index (κ1) is 8.31. The van der Waals surface area contributed by atoms with Gasteiger partial charge >= 0.3 is 0 Å². The lowest BCUT2D eigenvalue weighted by Crippen LogP contribution is -2.07. The van der Waals surface area contributed by atoms with Crippen LogP contribution < -0.4 is 0 Å². The van der Waals surface area contributed by atoms with Gasteiger partial charge in [-0.15, -0.1) is 0 Å². The third-order valence-electron chi connectivity index (χ3n) is 1.99. The summed E-state index contributed by atoms with van der Waals surface area (Å²) in [5.41, 5.74) is 0. The molecule has 0 aliphatic carbocycles. The highest BCUT2D eigenvalue weighted by Crippen LogP contribution is 2.15. The summed E-state index contributed by atoms with van der Waals surface area (Å²) in [6.45, 7) is 4.42. The Hall–Kier alpha value is -0.790. The highest BCUT2D eigenvalue weighted by molar-refractivity contribution is 4.81. The van der Waals surface area contributed by atoms with Crippen molar-refractivity contribution in [2.24, 2.45) is 0 Å². The van der Waals surface area contributed by atoms with E-state index in [0.717, 1.165) is 0 Å². The quantitative estimate of drug-likeness (QED) is 0.648. The first-order valence-corrected chi connectivity index (χ1v) is 4.37. The van der Waals surface area contributed by atoms with Gasteiger partial charge in [0.25, 0.3) is 0 Å². The van der Waals surface area contributed by atoms with Crippen molar-refractivity contribution < 1.29 is 0 Å². The highest BCUT2D eigenvalue weighted by atomic mass is 15.3. The zero-order valence-corrected chi connectivity index (χ0v) is 7.33. The van der Waals surface area contributed by atoms with E-state index in [1.54, 1.807) is 0 Å². The molecule has 0 aliphatic rings. The minimum absolute atomic E-state index is 0.606. The second-order valence-electron chi connectivity index (χ2n) is 2.84. The Balaban J connectivity index is 2.56. The molecule has 0 bridgehead atoms. The van der Waals surface area contributed by atoms with E-state index in [1.807, 2.05) is 18.5 Å². The smallest absolute Gasteiger partial charge is 0.0516 e. The van der Waals surface area contributed by atoms with Crippen LogP contribution in [-0.2, 0) is 0 Å². The monoisotopic (exact) mass is 152 g/mol. The largest absolute Gasteiger partial charge is 0.270 e. The number of rotatable bonds is 4. The standard InChI is InChI=1S/C9H16N2/c1-3-6-9(4-2)11-8-5-7-10-11/h5,7-9H,3-4,6H2,1-2H3. The van der Waals surface area contributed by atoms with Crippen LogP contribution in [0.3, 0.4) is 0 Å². The summed E-state index contributed by atoms with van der Waals surface area (Å²) in [7, 11) is 0. The molecule has 0 amide bonds. The van der Waals surface area contributed by atoms with Crippen LogP contribution in [0.4, 0.5) is 0 Å². The van der Waals surface area contributed by atoms with Crippen molar-refractivity contribution in [2.75, 3.05) is 0 Å². The maximum absolute atomic E-state index is 4.22. The van der Waals surface area contributed by atoms with E-state index in [2.05, 4.69) is 23.6 Å². The molecule has 1 aromatic heterocycles. The van der Waals surface area contributed by atoms with Crippen molar-refractivity contribution >= 4 is 0 Å². The van der Waals surface area contributed by atoms with Crippen LogP contribution in [0.15, 0.2) is 18.5 Å². The minimum Gasteiger partial charge on any atom is -0.270 e. The van der Waals surface area contributed by atoms with Crippen molar-refractivity contribution in [3.8, 4) is 0 Å². The Morgan fingerprint density at radius 1 is 1.45 bits per heavy atom. The molecule has 2 heteroatoms. The van der Waals surface area contributed by atoms with E-state index in [9.17, 15) is 0 Å². The normalized spacial score (nSPS) is 13.3. The molecule has 11 heavy (non-hydrogen) atoms. The first-order valence-electron chi connectivity index (χ1n) is 4.37. The van der Waals surface area contributed by atoms with E-state index in [-0.39, 0.29) is 0 Å². The van der Waals surface area contributed by atoms with Crippen LogP contribution in [0.2, 0.25) is 0 Å². The number of nitrogens with zero attached hydrogens (tertiary/aromatic N) is 2. The molecule has 0 fully saturated rings. The van der Waals surface area contributed by atoms with Crippen LogP contribution in [0.25, 0.3) is 0 Å². The van der Waals surface area contributed by atoms with Crippen molar-refractivity contribution in [3.63, 3.8) is 0 Å². The minimum atomic E-state index is 0.606. The van der Waals surface area contributed by atoms with Crippen LogP contribution in [0.5, 0.6) is 0 Å². The van der Waals surface area contributed by atoms with E-state index in [4.69, 9.17) is 0 Å². The first-order chi connectivity index (χ1) is 5.38. The second-order valence-corrected chi connectivity index (χ2v) is 2.84. The lowest BCUT2D eigenvalue weighted by Gasteiger charge is -2.13. The molecular weight excluding hydrogens is 136 g/mol. The molecule has 0 aliphatic heterocycles. The van der Waals surface area contributed by atoms with Crippen LogP contribution in [0, 0.1) is 0 Å². The molecule has 0 spiro atoms. The fourth-order valence-electron chi connectivity index (χ4n) is 1.35. The molecule has 0 aromatic carbocycles. The summed E-state index contributed by atoms with van der Waals surface area (Å²) in [5.74, 6) is 0. The topological polar surface area (TPSA) is 17.8 Å². The maximum atomic E-state index is 4.22. The summed E-state index contributed by atoms with van der Waals surface area (Å²) in [4.78, 5) is 0. The predicted octanol–water partition coefficient (Wildman–Crippen LogP) is 2.63. The summed E-state index contributed by atoms with van der Waals surface area (Å²) >= 11 is 0. The van der Waals surface area contributed by atoms with Crippen molar-refractivity contribution in [2.45, 2.75) is 39.2 Å². The third kappa shape index (κ3) is 2.07. The fourth-order valence-corrected chi connectivity index (χ4v) is 1.35. The Kier molecular flexibility index (Phi) is 3.14. The van der Waals surface area contributed by atoms with Crippen LogP contribution in [0.1, 0.15) is 39.2 Å². The summed E-state index contributed by atoms with van der Waals surface area (Å²) in [5, 5.41) is 4.22. The lowest BCUT2D eigenvalue weighted by atomic mass is 10.1. The number of aromatic nitrogens is 2. The molecule has 62 valence electrons. The fraction of sp³-hybridized carbons (Fsp3) is 0.667. The third-order valence-corrected chi connectivity index (χ3v) is 1.99. The van der Waals surface area contributed by atoms with Gasteiger partial charge in [0.15, 0.2) is 0 Å². The molecule has 1 aromatic rings. The van der Waals surface area contributed by atoms with Gasteiger partial charge in [0.1, 0.15) is 0 Å². The van der Waals surface area contributed by atoms with Gasteiger partial charge in [-0.2, -0.15) is 5.10 Å². The molecule has 1 atom stereocenters. The van der Waals surface area contributed by atoms with Gasteiger partial charge in [0, 0.05) is 12.4 Å². The summed E-state index contributed by atoms with van der Waals surface area (Å²) in [6.07, 6.45) is 7.54. The molecule has 0 saturated heterocycles. The summed E-state index contributed by atoms with van der Waals surface area (Å²) < 4.78 is 2.06. The number of hydrogen-bond donors (Lipinski definition) is 0. The Morgan fingerprint density at radius 2 is 2.27 bits per heavy atom. The highest BCUT2D eigenvalue weighted by Gasteiger charge is 2.05. The van der Waals surface area contributed by atoms with Gasteiger partial charge in [0.2, 0.25) is 0 Å². The van der Waals surface area contributed by atoms with Crippen LogP contribution in [-0.4, -0.2) is 9.78 Å². The average Bonchev–Trinajstić information content (AvgIpc) is 2.52. The molecule has 0 N–H and O–H groups in total. The summed E-state index contributed by atoms with van der Waals surface area (Å²) in [6, 6.07) is 2.59. The van der Waals surface area contributed by atoms with Gasteiger partial charge in [0.05, 0.1) is 6.04 Å². The zero-order valence-electron chi connectivity index (χ0n) is 7.33. The molecule has 2 nitrogen and oxygen atoms in total. The number of hydrogen-bond acceptors (Lipinski definition) is 1.